The Bertz CT molecular complexity index is 559. The number of likely N-dealkylation sites (N-methyl/N-ethyl adjacent to an activating group) is 1. The van der Waals surface area contributed by atoms with Gasteiger partial charge in [-0.2, -0.15) is 0 Å². The van der Waals surface area contributed by atoms with E-state index in [4.69, 9.17) is 4.99 Å². The molecule has 1 aliphatic heterocycles. The summed E-state index contributed by atoms with van der Waals surface area (Å²) < 4.78 is 0. The van der Waals surface area contributed by atoms with Crippen molar-refractivity contribution in [2.24, 2.45) is 4.99 Å². The van der Waals surface area contributed by atoms with Crippen LogP contribution in [0.15, 0.2) is 35.3 Å². The lowest BCUT2D eigenvalue weighted by molar-refractivity contribution is -0.118. The van der Waals surface area contributed by atoms with Gasteiger partial charge in [0.25, 0.3) is 0 Å². The molecule has 1 saturated heterocycles. The molecule has 132 valence electrons. The Morgan fingerprint density at radius 3 is 2.50 bits per heavy atom. The Kier molecular flexibility index (Phi) is 7.43. The Morgan fingerprint density at radius 2 is 1.83 bits per heavy atom. The number of aliphatic imine (C=N–C) groups is 1. The van der Waals surface area contributed by atoms with Crippen molar-refractivity contribution in [3.05, 3.63) is 30.3 Å². The molecule has 4 nitrogen and oxygen atoms in total. The standard InChI is InChI=1S/C18H25N3OS.ClH/c1-21-16(17(22)19-14-9-7-4-8-10-14)13-23-18(21)20-15-11-5-2-3-6-12-15;/h4,7-10,15-16H,2-3,5-6,11-13H2,1H3,(H,19,22);1H. The maximum atomic E-state index is 12.5. The van der Waals surface area contributed by atoms with Crippen LogP contribution in [-0.4, -0.2) is 40.9 Å². The van der Waals surface area contributed by atoms with Gasteiger partial charge >= 0.3 is 0 Å². The average Bonchev–Trinajstić information content (AvgIpc) is 2.76. The smallest absolute Gasteiger partial charge is 0.248 e. The number of amidine groups is 1. The quantitative estimate of drug-likeness (QED) is 0.815. The van der Waals surface area contributed by atoms with Crippen LogP contribution in [0.1, 0.15) is 38.5 Å². The summed E-state index contributed by atoms with van der Waals surface area (Å²) in [7, 11) is 1.99. The Morgan fingerprint density at radius 1 is 1.17 bits per heavy atom. The van der Waals surface area contributed by atoms with Crippen LogP contribution in [0, 0.1) is 0 Å². The fraction of sp³-hybridized carbons (Fsp3) is 0.556. The molecule has 1 saturated carbocycles. The molecule has 3 rings (SSSR count). The molecular formula is C18H26ClN3OS. The number of thioether (sulfide) groups is 1. The van der Waals surface area contributed by atoms with Crippen LogP contribution in [0.25, 0.3) is 0 Å². The van der Waals surface area contributed by atoms with Crippen LogP contribution >= 0.6 is 24.2 Å². The highest BCUT2D eigenvalue weighted by Gasteiger charge is 2.33. The van der Waals surface area contributed by atoms with Gasteiger partial charge < -0.3 is 10.2 Å². The molecule has 1 aliphatic carbocycles. The summed E-state index contributed by atoms with van der Waals surface area (Å²) in [6.07, 6.45) is 7.64. The van der Waals surface area contributed by atoms with Gasteiger partial charge in [0.05, 0.1) is 6.04 Å². The number of benzene rings is 1. The zero-order valence-electron chi connectivity index (χ0n) is 14.1. The first-order valence-corrected chi connectivity index (χ1v) is 9.52. The van der Waals surface area contributed by atoms with E-state index in [-0.39, 0.29) is 24.4 Å². The summed E-state index contributed by atoms with van der Waals surface area (Å²) in [5.41, 5.74) is 0.852. The summed E-state index contributed by atoms with van der Waals surface area (Å²) in [6.45, 7) is 0. The molecule has 1 N–H and O–H groups in total. The van der Waals surface area contributed by atoms with Crippen molar-refractivity contribution in [2.45, 2.75) is 50.6 Å². The summed E-state index contributed by atoms with van der Waals surface area (Å²) >= 11 is 1.71. The predicted octanol–water partition coefficient (Wildman–Crippen LogP) is 4.17. The van der Waals surface area contributed by atoms with Gasteiger partial charge in [-0.3, -0.25) is 9.79 Å². The molecule has 0 aromatic heterocycles. The second kappa shape index (κ2) is 9.33. The van der Waals surface area contributed by atoms with Gasteiger partial charge in [-0.1, -0.05) is 55.6 Å². The summed E-state index contributed by atoms with van der Waals surface area (Å²) in [4.78, 5) is 19.5. The minimum Gasteiger partial charge on any atom is -0.342 e. The third-order valence-corrected chi connectivity index (χ3v) is 5.74. The second-order valence-electron chi connectivity index (χ2n) is 6.35. The number of carbonyl (C=O) groups is 1. The molecule has 2 fully saturated rings. The number of carbonyl (C=O) groups excluding carboxylic acids is 1. The van der Waals surface area contributed by atoms with E-state index in [0.29, 0.717) is 6.04 Å². The number of anilines is 1. The molecule has 1 aromatic carbocycles. The van der Waals surface area contributed by atoms with E-state index >= 15 is 0 Å². The fourth-order valence-electron chi connectivity index (χ4n) is 3.17. The van der Waals surface area contributed by atoms with Crippen LogP contribution in [0.2, 0.25) is 0 Å². The van der Waals surface area contributed by atoms with Gasteiger partial charge in [-0.25, -0.2) is 0 Å². The number of nitrogens with one attached hydrogen (secondary N) is 1. The number of para-hydroxylation sites is 1. The van der Waals surface area contributed by atoms with Crippen molar-refractivity contribution >= 4 is 40.9 Å². The van der Waals surface area contributed by atoms with E-state index in [0.717, 1.165) is 16.6 Å². The Hall–Kier alpha value is -1.20. The second-order valence-corrected chi connectivity index (χ2v) is 7.34. The number of nitrogens with zero attached hydrogens (tertiary/aromatic N) is 2. The minimum atomic E-state index is -0.135. The lowest BCUT2D eigenvalue weighted by atomic mass is 10.1. The van der Waals surface area contributed by atoms with Crippen molar-refractivity contribution in [3.8, 4) is 0 Å². The molecular weight excluding hydrogens is 342 g/mol. The van der Waals surface area contributed by atoms with Crippen LogP contribution in [-0.2, 0) is 4.79 Å². The third-order valence-electron chi connectivity index (χ3n) is 4.60. The molecule has 0 spiro atoms. The number of rotatable bonds is 3. The molecule has 0 radical (unpaired) electrons. The topological polar surface area (TPSA) is 44.7 Å². The lowest BCUT2D eigenvalue weighted by Gasteiger charge is -2.21. The minimum absolute atomic E-state index is 0. The third kappa shape index (κ3) is 4.90. The van der Waals surface area contributed by atoms with Crippen molar-refractivity contribution in [3.63, 3.8) is 0 Å². The van der Waals surface area contributed by atoms with Crippen LogP contribution in [0.5, 0.6) is 0 Å². The highest BCUT2D eigenvalue weighted by atomic mass is 35.5. The van der Waals surface area contributed by atoms with Crippen LogP contribution in [0.3, 0.4) is 0 Å². The molecule has 0 bridgehead atoms. The van der Waals surface area contributed by atoms with Gasteiger partial charge in [-0.05, 0) is 25.0 Å². The first-order valence-electron chi connectivity index (χ1n) is 8.53. The first-order chi connectivity index (χ1) is 11.2. The number of hydrogen-bond donors (Lipinski definition) is 1. The highest BCUT2D eigenvalue weighted by molar-refractivity contribution is 8.14. The molecule has 1 atom stereocenters. The normalized spacial score (nSPS) is 23.6. The number of halogens is 1. The summed E-state index contributed by atoms with van der Waals surface area (Å²) in [6, 6.07) is 9.96. The van der Waals surface area contributed by atoms with Crippen molar-refractivity contribution in [2.75, 3.05) is 18.1 Å². The molecule has 1 aromatic rings. The lowest BCUT2D eigenvalue weighted by Crippen LogP contribution is -2.40. The largest absolute Gasteiger partial charge is 0.342 e. The van der Waals surface area contributed by atoms with Gasteiger partial charge in [0, 0.05) is 18.5 Å². The zero-order valence-corrected chi connectivity index (χ0v) is 15.7. The van der Waals surface area contributed by atoms with Crippen LogP contribution in [0.4, 0.5) is 5.69 Å². The fourth-order valence-corrected chi connectivity index (χ4v) is 4.41. The van der Waals surface area contributed by atoms with Crippen molar-refractivity contribution in [1.29, 1.82) is 0 Å². The van der Waals surface area contributed by atoms with E-state index in [9.17, 15) is 4.79 Å². The maximum absolute atomic E-state index is 12.5. The Balaban J connectivity index is 0.00000208. The average molecular weight is 368 g/mol. The molecule has 6 heteroatoms. The zero-order chi connectivity index (χ0) is 16.1. The molecule has 2 aliphatic rings. The van der Waals surface area contributed by atoms with Crippen LogP contribution < -0.4 is 5.32 Å². The van der Waals surface area contributed by atoms with Gasteiger partial charge in [0.1, 0.15) is 6.04 Å². The van der Waals surface area contributed by atoms with Crippen molar-refractivity contribution in [1.82, 2.24) is 4.90 Å². The van der Waals surface area contributed by atoms with Crippen molar-refractivity contribution < 1.29 is 4.79 Å². The molecule has 1 heterocycles. The van der Waals surface area contributed by atoms with Gasteiger partial charge in [0.2, 0.25) is 5.91 Å². The number of amides is 1. The molecule has 1 amide bonds. The SMILES string of the molecule is CN1C(=NC2CCCCCC2)SCC1C(=O)Nc1ccccc1.Cl. The molecule has 1 unspecified atom stereocenters. The maximum Gasteiger partial charge on any atom is 0.248 e. The predicted molar refractivity (Wildman–Crippen MR) is 105 cm³/mol. The highest BCUT2D eigenvalue weighted by Crippen LogP contribution is 2.27. The number of hydrogen-bond acceptors (Lipinski definition) is 3. The monoisotopic (exact) mass is 367 g/mol. The van der Waals surface area contributed by atoms with E-state index in [1.807, 2.05) is 42.3 Å². The van der Waals surface area contributed by atoms with Gasteiger partial charge in [0.15, 0.2) is 5.17 Å². The van der Waals surface area contributed by atoms with Gasteiger partial charge in [-0.15, -0.1) is 12.4 Å². The van der Waals surface area contributed by atoms with E-state index in [1.54, 1.807) is 11.8 Å². The molecule has 24 heavy (non-hydrogen) atoms. The van der Waals surface area contributed by atoms with E-state index in [1.165, 1.54) is 38.5 Å². The Labute approximate surface area is 154 Å². The summed E-state index contributed by atoms with van der Waals surface area (Å²) in [5.74, 6) is 0.832. The first kappa shape index (κ1) is 19.1. The van der Waals surface area contributed by atoms with E-state index < -0.39 is 0 Å². The van der Waals surface area contributed by atoms with E-state index in [2.05, 4.69) is 5.32 Å². The summed E-state index contributed by atoms with van der Waals surface area (Å²) in [5, 5.41) is 4.03.